The van der Waals surface area contributed by atoms with E-state index in [2.05, 4.69) is 21.1 Å². The van der Waals surface area contributed by atoms with Crippen molar-refractivity contribution in [3.63, 3.8) is 0 Å². The molecule has 4 rings (SSSR count). The lowest BCUT2D eigenvalue weighted by Crippen LogP contribution is -2.39. The first-order valence-corrected chi connectivity index (χ1v) is 14.5. The number of aliphatic hydroxyl groups is 1. The van der Waals surface area contributed by atoms with Crippen LogP contribution in [0.1, 0.15) is 61.3 Å². The molecule has 3 aromatic rings. The third-order valence-electron chi connectivity index (χ3n) is 6.76. The van der Waals surface area contributed by atoms with Gasteiger partial charge in [0.1, 0.15) is 12.4 Å². The summed E-state index contributed by atoms with van der Waals surface area (Å²) in [6.07, 6.45) is -3.39. The summed E-state index contributed by atoms with van der Waals surface area (Å²) < 4.78 is 43.1. The molecule has 1 aliphatic rings. The second-order valence-corrected chi connectivity index (χ2v) is 11.4. The zero-order chi connectivity index (χ0) is 28.2. The van der Waals surface area contributed by atoms with Gasteiger partial charge in [0, 0.05) is 28.3 Å². The van der Waals surface area contributed by atoms with E-state index in [0.717, 1.165) is 18.1 Å². The number of unbranched alkanes of at least 4 members (excludes halogenated alkanes) is 1. The van der Waals surface area contributed by atoms with Gasteiger partial charge in [0.05, 0.1) is 21.9 Å². The zero-order valence-corrected chi connectivity index (χ0v) is 24.2. The molecule has 2 aromatic carbocycles. The van der Waals surface area contributed by atoms with Crippen LogP contribution in [0.2, 0.25) is 5.02 Å². The van der Waals surface area contributed by atoms with Crippen LogP contribution in [-0.2, 0) is 27.8 Å². The second-order valence-electron chi connectivity index (χ2n) is 9.37. The van der Waals surface area contributed by atoms with Crippen LogP contribution in [0.5, 0.6) is 0 Å². The molecule has 1 aliphatic carbocycles. The summed E-state index contributed by atoms with van der Waals surface area (Å²) in [5.41, 5.74) is -0.926. The van der Waals surface area contributed by atoms with E-state index >= 15 is 0 Å². The number of alkyl halides is 3. The first-order valence-electron chi connectivity index (χ1n) is 12.3. The van der Waals surface area contributed by atoms with E-state index in [4.69, 9.17) is 16.4 Å². The van der Waals surface area contributed by atoms with Gasteiger partial charge in [0.2, 0.25) is 0 Å². The summed E-state index contributed by atoms with van der Waals surface area (Å²) in [4.78, 5) is 19.4. The molecule has 39 heavy (non-hydrogen) atoms. The topological polar surface area (TPSA) is 58.9 Å². The number of nitrogens with zero attached hydrogens (tertiary/aromatic N) is 1. The predicted octanol–water partition coefficient (Wildman–Crippen LogP) is 9.41. The van der Waals surface area contributed by atoms with Crippen molar-refractivity contribution in [1.29, 1.82) is 0 Å². The summed E-state index contributed by atoms with van der Waals surface area (Å²) in [6.45, 7) is 2.18. The number of hydrogen-bond donors (Lipinski definition) is 1. The Kier molecular flexibility index (Phi) is 9.24. The number of allylic oxidation sites excluding steroid dienone is 2. The van der Waals surface area contributed by atoms with Crippen molar-refractivity contribution in [2.75, 3.05) is 0 Å². The number of hydrogen-bond acceptors (Lipinski definition) is 5. The maximum Gasteiger partial charge on any atom is 0.416 e. The molecule has 0 saturated carbocycles. The number of ketones is 1. The number of carbonyl (C=O) groups excluding carboxylic acids is 1. The lowest BCUT2D eigenvalue weighted by atomic mass is 9.63. The van der Waals surface area contributed by atoms with Crippen LogP contribution in [-0.4, -0.2) is 16.6 Å². The number of Topliss-reactive ketones (excluding diaryl/α,β-unsaturated/α-hetero) is 1. The van der Waals surface area contributed by atoms with Crippen molar-refractivity contribution in [1.82, 2.24) is 0 Å². The fourth-order valence-electron chi connectivity index (χ4n) is 4.95. The molecule has 1 atom stereocenters. The molecule has 206 valence electrons. The molecular formula is C29H26BrClF3NO3S. The Hall–Kier alpha value is -2.62. The molecular weight excluding hydrogens is 615 g/mol. The third-order valence-corrected chi connectivity index (χ3v) is 8.89. The summed E-state index contributed by atoms with van der Waals surface area (Å²) in [6, 6.07) is 11.9. The van der Waals surface area contributed by atoms with Gasteiger partial charge in [0.15, 0.2) is 5.78 Å². The van der Waals surface area contributed by atoms with Crippen LogP contribution in [0.4, 0.5) is 13.2 Å². The van der Waals surface area contributed by atoms with E-state index < -0.39 is 22.9 Å². The third kappa shape index (κ3) is 6.26. The molecule has 4 nitrogen and oxygen atoms in total. The highest BCUT2D eigenvalue weighted by Gasteiger charge is 2.49. The Morgan fingerprint density at radius 3 is 2.56 bits per heavy atom. The minimum Gasteiger partial charge on any atom is -0.511 e. The molecule has 1 aromatic heterocycles. The highest BCUT2D eigenvalue weighted by Crippen LogP contribution is 2.51. The first kappa shape index (κ1) is 29.4. The molecule has 0 fully saturated rings. The molecule has 0 amide bonds. The Morgan fingerprint density at radius 2 is 1.90 bits per heavy atom. The minimum absolute atomic E-state index is 0.00651. The van der Waals surface area contributed by atoms with E-state index in [-0.39, 0.29) is 47.1 Å². The number of aliphatic hydroxyl groups excluding tert-OH is 1. The predicted molar refractivity (Wildman–Crippen MR) is 151 cm³/mol. The molecule has 0 spiro atoms. The van der Waals surface area contributed by atoms with Crippen molar-refractivity contribution < 1.29 is 27.9 Å². The van der Waals surface area contributed by atoms with Gasteiger partial charge in [-0.15, -0.1) is 0 Å². The number of benzene rings is 2. The highest BCUT2D eigenvalue weighted by atomic mass is 79.9. The number of halogens is 5. The van der Waals surface area contributed by atoms with Crippen LogP contribution >= 0.6 is 38.9 Å². The summed E-state index contributed by atoms with van der Waals surface area (Å²) >= 11 is 11.3. The lowest BCUT2D eigenvalue weighted by Gasteiger charge is -2.40. The second kappa shape index (κ2) is 12.3. The van der Waals surface area contributed by atoms with Gasteiger partial charge in [-0.2, -0.15) is 24.5 Å². The monoisotopic (exact) mass is 639 g/mol. The largest absolute Gasteiger partial charge is 0.511 e. The SMILES string of the molecule is CCCC/C(=N\OCc1ccsc1)C1=C(O)CC(c2ccccc2C(F)(F)F)(c2cccc(Cl)c2Br)CC1=O. The smallest absolute Gasteiger partial charge is 0.416 e. The van der Waals surface area contributed by atoms with Gasteiger partial charge in [-0.1, -0.05) is 60.4 Å². The Labute approximate surface area is 242 Å². The Balaban J connectivity index is 1.86. The van der Waals surface area contributed by atoms with E-state index in [0.29, 0.717) is 22.9 Å². The number of carbonyl (C=O) groups is 1. The zero-order valence-electron chi connectivity index (χ0n) is 21.0. The van der Waals surface area contributed by atoms with Crippen molar-refractivity contribution >= 4 is 50.4 Å². The molecule has 10 heteroatoms. The maximum absolute atomic E-state index is 14.2. The molecule has 0 bridgehead atoms. The molecule has 0 saturated heterocycles. The molecule has 1 N–H and O–H groups in total. The van der Waals surface area contributed by atoms with Crippen LogP contribution in [0, 0.1) is 0 Å². The van der Waals surface area contributed by atoms with Gasteiger partial charge >= 0.3 is 6.18 Å². The van der Waals surface area contributed by atoms with Crippen molar-refractivity contribution in [3.05, 3.63) is 102 Å². The fraction of sp³-hybridized carbons (Fsp3) is 0.310. The quantitative estimate of drug-likeness (QED) is 0.187. The summed E-state index contributed by atoms with van der Waals surface area (Å²) in [5.74, 6) is -0.847. The number of oxime groups is 1. The van der Waals surface area contributed by atoms with Gasteiger partial charge in [0.25, 0.3) is 0 Å². The lowest BCUT2D eigenvalue weighted by molar-refractivity contribution is -0.139. The Bertz CT molecular complexity index is 1410. The van der Waals surface area contributed by atoms with Gasteiger partial charge in [-0.05, 0) is 68.9 Å². The van der Waals surface area contributed by atoms with E-state index in [1.165, 1.54) is 29.5 Å². The van der Waals surface area contributed by atoms with Crippen molar-refractivity contribution in [3.8, 4) is 0 Å². The van der Waals surface area contributed by atoms with Gasteiger partial charge in [-0.25, -0.2) is 0 Å². The standard InChI is InChI=1S/C29H26BrClF3NO3S/c1-2-3-11-23(35-38-16-18-12-13-39-17-18)26-24(36)14-28(15-25(26)37,21-9-6-10-22(31)27(21)30)19-7-4-5-8-20(19)29(32,33)34/h4-10,12-13,17,36H,2-3,11,14-16H2,1H3/b35-23+. The normalized spacial score (nSPS) is 18.5. The van der Waals surface area contributed by atoms with Crippen LogP contribution in [0.15, 0.2) is 80.3 Å². The highest BCUT2D eigenvalue weighted by molar-refractivity contribution is 9.10. The van der Waals surface area contributed by atoms with E-state index in [9.17, 15) is 23.1 Å². The molecule has 0 aliphatic heterocycles. The number of thiophene rings is 1. The summed E-state index contributed by atoms with van der Waals surface area (Å²) in [7, 11) is 0. The summed E-state index contributed by atoms with van der Waals surface area (Å²) in [5, 5.41) is 19.7. The fourth-order valence-corrected chi connectivity index (χ4v) is 6.43. The van der Waals surface area contributed by atoms with E-state index in [1.807, 2.05) is 23.8 Å². The van der Waals surface area contributed by atoms with Crippen LogP contribution in [0.3, 0.4) is 0 Å². The average molecular weight is 641 g/mol. The first-order chi connectivity index (χ1) is 18.6. The van der Waals surface area contributed by atoms with Crippen molar-refractivity contribution in [2.24, 2.45) is 5.16 Å². The van der Waals surface area contributed by atoms with Crippen molar-refractivity contribution in [2.45, 2.75) is 57.2 Å². The van der Waals surface area contributed by atoms with Gasteiger partial charge in [-0.3, -0.25) is 4.79 Å². The molecule has 0 radical (unpaired) electrons. The molecule has 1 heterocycles. The van der Waals surface area contributed by atoms with Crippen LogP contribution in [0.25, 0.3) is 0 Å². The minimum atomic E-state index is -4.68. The Morgan fingerprint density at radius 1 is 1.15 bits per heavy atom. The molecule has 1 unspecified atom stereocenters. The number of rotatable bonds is 9. The maximum atomic E-state index is 14.2. The average Bonchev–Trinajstić information content (AvgIpc) is 3.41. The van der Waals surface area contributed by atoms with E-state index in [1.54, 1.807) is 18.2 Å². The van der Waals surface area contributed by atoms with Crippen LogP contribution < -0.4 is 0 Å². The van der Waals surface area contributed by atoms with Gasteiger partial charge < -0.3 is 9.94 Å².